The third-order valence-corrected chi connectivity index (χ3v) is 7.93. The Balaban J connectivity index is 1.69. The normalized spacial score (nSPS) is 50.9. The molecule has 3 nitrogen and oxygen atoms in total. The monoisotopic (exact) mass is 304 g/mol. The summed E-state index contributed by atoms with van der Waals surface area (Å²) in [5.41, 5.74) is 1.34. The number of carbonyl (C=O) groups is 1. The average molecular weight is 304 g/mol. The summed E-state index contributed by atoms with van der Waals surface area (Å²) in [7, 11) is 0. The van der Waals surface area contributed by atoms with Gasteiger partial charge in [-0.3, -0.25) is 4.79 Å². The molecule has 3 saturated carbocycles. The zero-order chi connectivity index (χ0) is 15.5. The van der Waals surface area contributed by atoms with Gasteiger partial charge in [-0.2, -0.15) is 0 Å². The molecule has 0 bridgehead atoms. The molecule has 0 heterocycles. The predicted molar refractivity (Wildman–Crippen MR) is 84.1 cm³/mol. The second-order valence-electron chi connectivity index (χ2n) is 8.49. The van der Waals surface area contributed by atoms with Crippen LogP contribution in [0.3, 0.4) is 0 Å². The third-order valence-electron chi connectivity index (χ3n) is 7.93. The molecule has 6 unspecified atom stereocenters. The van der Waals surface area contributed by atoms with Crippen molar-refractivity contribution in [3.05, 3.63) is 11.6 Å². The van der Waals surface area contributed by atoms with Crippen molar-refractivity contribution in [2.45, 2.75) is 64.4 Å². The number of aliphatic hydroxyl groups is 2. The number of allylic oxidation sites excluding steroid dienone is 1. The zero-order valence-corrected chi connectivity index (χ0v) is 13.6. The van der Waals surface area contributed by atoms with Crippen LogP contribution in [0.4, 0.5) is 0 Å². The van der Waals surface area contributed by atoms with Gasteiger partial charge in [0.1, 0.15) is 0 Å². The quantitative estimate of drug-likeness (QED) is 0.783. The van der Waals surface area contributed by atoms with E-state index in [1.165, 1.54) is 5.57 Å². The van der Waals surface area contributed by atoms with Crippen LogP contribution in [0.25, 0.3) is 0 Å². The topological polar surface area (TPSA) is 57.5 Å². The Morgan fingerprint density at radius 1 is 1.14 bits per heavy atom. The van der Waals surface area contributed by atoms with E-state index in [0.29, 0.717) is 30.0 Å². The van der Waals surface area contributed by atoms with Crippen LogP contribution in [0.1, 0.15) is 58.3 Å². The molecule has 4 rings (SSSR count). The lowest BCUT2D eigenvalue weighted by Gasteiger charge is -2.58. The molecule has 0 saturated heterocycles. The number of aliphatic hydroxyl groups excluding tert-OH is 2. The molecule has 4 aliphatic carbocycles. The highest BCUT2D eigenvalue weighted by molar-refractivity contribution is 5.91. The lowest BCUT2D eigenvalue weighted by atomic mass is 9.47. The summed E-state index contributed by atoms with van der Waals surface area (Å²) in [6.07, 6.45) is 9.47. The van der Waals surface area contributed by atoms with E-state index in [1.807, 2.05) is 6.08 Å². The van der Waals surface area contributed by atoms with Gasteiger partial charge in [-0.1, -0.05) is 12.5 Å². The molecule has 6 atom stereocenters. The molecule has 3 heteroatoms. The van der Waals surface area contributed by atoms with Crippen LogP contribution in [0, 0.1) is 28.6 Å². The van der Waals surface area contributed by atoms with Gasteiger partial charge < -0.3 is 10.2 Å². The van der Waals surface area contributed by atoms with Crippen molar-refractivity contribution in [1.82, 2.24) is 0 Å². The van der Waals surface area contributed by atoms with Gasteiger partial charge in [-0.15, -0.1) is 0 Å². The summed E-state index contributed by atoms with van der Waals surface area (Å²) >= 11 is 0. The van der Waals surface area contributed by atoms with Crippen molar-refractivity contribution in [1.29, 1.82) is 0 Å². The Labute approximate surface area is 132 Å². The van der Waals surface area contributed by atoms with Crippen LogP contribution < -0.4 is 0 Å². The summed E-state index contributed by atoms with van der Waals surface area (Å²) in [5, 5.41) is 20.5. The number of ketones is 1. The molecule has 0 aliphatic heterocycles. The van der Waals surface area contributed by atoms with Crippen LogP contribution in [-0.2, 0) is 4.79 Å². The van der Waals surface area contributed by atoms with E-state index in [0.717, 1.165) is 44.9 Å². The molecule has 4 aliphatic rings. The van der Waals surface area contributed by atoms with Crippen molar-refractivity contribution in [2.24, 2.45) is 28.6 Å². The van der Waals surface area contributed by atoms with E-state index in [-0.39, 0.29) is 23.5 Å². The molecule has 0 spiro atoms. The maximum absolute atomic E-state index is 11.8. The molecule has 0 amide bonds. The Morgan fingerprint density at radius 3 is 2.73 bits per heavy atom. The van der Waals surface area contributed by atoms with Gasteiger partial charge in [0.25, 0.3) is 0 Å². The van der Waals surface area contributed by atoms with Gasteiger partial charge in [0, 0.05) is 11.8 Å². The summed E-state index contributed by atoms with van der Waals surface area (Å²) < 4.78 is 0. The lowest BCUT2D eigenvalue weighted by molar-refractivity contribution is -0.120. The third kappa shape index (κ3) is 1.78. The second-order valence-corrected chi connectivity index (χ2v) is 8.49. The fourth-order valence-corrected chi connectivity index (χ4v) is 6.64. The van der Waals surface area contributed by atoms with Gasteiger partial charge in [0.15, 0.2) is 5.78 Å². The van der Waals surface area contributed by atoms with E-state index >= 15 is 0 Å². The largest absolute Gasteiger partial charge is 0.396 e. The zero-order valence-electron chi connectivity index (χ0n) is 13.6. The highest BCUT2D eigenvalue weighted by atomic mass is 16.3. The minimum Gasteiger partial charge on any atom is -0.396 e. The standard InChI is InChI=1S/C19H28O3/c1-18-8-6-13(21)10-12(18)2-3-14-15(18)7-9-19(11-20)16(14)4-5-17(19)22/h10,14-17,20,22H,2-9,11H2,1H3. The van der Waals surface area contributed by atoms with Crippen LogP contribution in [0.15, 0.2) is 11.6 Å². The second kappa shape index (κ2) is 4.91. The van der Waals surface area contributed by atoms with Crippen LogP contribution in [-0.4, -0.2) is 28.7 Å². The number of carbonyl (C=O) groups excluding carboxylic acids is 1. The van der Waals surface area contributed by atoms with Crippen molar-refractivity contribution < 1.29 is 15.0 Å². The first-order valence-corrected chi connectivity index (χ1v) is 9.04. The lowest BCUT2D eigenvalue weighted by Crippen LogP contribution is -2.53. The van der Waals surface area contributed by atoms with Crippen LogP contribution in [0.5, 0.6) is 0 Å². The summed E-state index contributed by atoms with van der Waals surface area (Å²) in [4.78, 5) is 11.8. The van der Waals surface area contributed by atoms with Gasteiger partial charge >= 0.3 is 0 Å². The number of rotatable bonds is 1. The highest BCUT2D eigenvalue weighted by Crippen LogP contribution is 2.65. The molecule has 3 fully saturated rings. The SMILES string of the molecule is CC12CCC(=O)C=C1CCC1C2CCC2(CO)C(O)CCC12. The Hall–Kier alpha value is -0.670. The first-order chi connectivity index (χ1) is 10.5. The maximum Gasteiger partial charge on any atom is 0.155 e. The van der Waals surface area contributed by atoms with Crippen molar-refractivity contribution in [2.75, 3.05) is 6.61 Å². The van der Waals surface area contributed by atoms with Crippen LogP contribution in [0.2, 0.25) is 0 Å². The van der Waals surface area contributed by atoms with E-state index in [9.17, 15) is 15.0 Å². The molecule has 0 aromatic rings. The fraction of sp³-hybridized carbons (Fsp3) is 0.842. The van der Waals surface area contributed by atoms with Gasteiger partial charge in [0.2, 0.25) is 0 Å². The highest BCUT2D eigenvalue weighted by Gasteiger charge is 2.60. The maximum atomic E-state index is 11.8. The average Bonchev–Trinajstić information content (AvgIpc) is 2.86. The molecule has 0 radical (unpaired) electrons. The van der Waals surface area contributed by atoms with E-state index in [4.69, 9.17) is 0 Å². The molecular formula is C19H28O3. The van der Waals surface area contributed by atoms with Crippen LogP contribution >= 0.6 is 0 Å². The van der Waals surface area contributed by atoms with E-state index < -0.39 is 0 Å². The Kier molecular flexibility index (Phi) is 3.32. The van der Waals surface area contributed by atoms with E-state index in [2.05, 4.69) is 6.92 Å². The number of hydrogen-bond donors (Lipinski definition) is 2. The fourth-order valence-electron chi connectivity index (χ4n) is 6.64. The Bertz CT molecular complexity index is 525. The van der Waals surface area contributed by atoms with Gasteiger partial charge in [-0.25, -0.2) is 0 Å². The van der Waals surface area contributed by atoms with Crippen molar-refractivity contribution in [3.63, 3.8) is 0 Å². The molecule has 122 valence electrons. The van der Waals surface area contributed by atoms with Crippen molar-refractivity contribution >= 4 is 5.78 Å². The van der Waals surface area contributed by atoms with E-state index in [1.54, 1.807) is 0 Å². The molecular weight excluding hydrogens is 276 g/mol. The molecule has 2 N–H and O–H groups in total. The molecule has 0 aromatic heterocycles. The van der Waals surface area contributed by atoms with Crippen molar-refractivity contribution in [3.8, 4) is 0 Å². The number of hydrogen-bond acceptors (Lipinski definition) is 3. The minimum atomic E-state index is -0.318. The summed E-state index contributed by atoms with van der Waals surface area (Å²) in [5.74, 6) is 2.04. The minimum absolute atomic E-state index is 0.139. The van der Waals surface area contributed by atoms with Gasteiger partial charge in [0.05, 0.1) is 12.7 Å². The summed E-state index contributed by atoms with van der Waals surface area (Å²) in [6, 6.07) is 0. The predicted octanol–water partition coefficient (Wildman–Crippen LogP) is 2.85. The molecule has 0 aromatic carbocycles. The summed E-state index contributed by atoms with van der Waals surface area (Å²) in [6.45, 7) is 2.51. The molecule has 22 heavy (non-hydrogen) atoms. The smallest absolute Gasteiger partial charge is 0.155 e. The first kappa shape index (κ1) is 14.9. The Morgan fingerprint density at radius 2 is 1.95 bits per heavy atom. The number of fused-ring (bicyclic) bond motifs is 5. The van der Waals surface area contributed by atoms with Gasteiger partial charge in [-0.05, 0) is 74.2 Å². The first-order valence-electron chi connectivity index (χ1n) is 9.04.